The lowest BCUT2D eigenvalue weighted by Crippen LogP contribution is -2.05. The van der Waals surface area contributed by atoms with Crippen LogP contribution in [0.4, 0.5) is 13.2 Å². The zero-order chi connectivity index (χ0) is 17.6. The Bertz CT molecular complexity index is 435. The van der Waals surface area contributed by atoms with Crippen molar-refractivity contribution in [3.05, 3.63) is 35.1 Å². The summed E-state index contributed by atoms with van der Waals surface area (Å²) in [6.07, 6.45) is 6.15. The van der Waals surface area contributed by atoms with E-state index in [-0.39, 0.29) is 18.6 Å². The zero-order valence-electron chi connectivity index (χ0n) is 14.2. The molecule has 0 saturated heterocycles. The Morgan fingerprint density at radius 1 is 0.708 bits per heavy atom. The van der Waals surface area contributed by atoms with Gasteiger partial charge in [0.15, 0.2) is 0 Å². The SMILES string of the molecule is NCCCCCOCCCCCOCCc1c(F)cc(F)cc1F. The number of ether oxygens (including phenoxy) is 2. The molecular formula is C18H28F3NO2. The van der Waals surface area contributed by atoms with E-state index in [1.807, 2.05) is 0 Å². The predicted octanol–water partition coefficient (Wildman–Crippen LogP) is 3.98. The van der Waals surface area contributed by atoms with E-state index in [1.54, 1.807) is 0 Å². The van der Waals surface area contributed by atoms with Gasteiger partial charge in [-0.15, -0.1) is 0 Å². The number of hydrogen-bond acceptors (Lipinski definition) is 3. The van der Waals surface area contributed by atoms with Crippen molar-refractivity contribution in [2.45, 2.75) is 44.9 Å². The van der Waals surface area contributed by atoms with Gasteiger partial charge < -0.3 is 15.2 Å². The first kappa shape index (κ1) is 20.9. The fourth-order valence-electron chi connectivity index (χ4n) is 2.30. The van der Waals surface area contributed by atoms with Gasteiger partial charge in [0.1, 0.15) is 17.5 Å². The lowest BCUT2D eigenvalue weighted by Gasteiger charge is -2.07. The van der Waals surface area contributed by atoms with E-state index in [0.29, 0.717) is 18.7 Å². The number of hydrogen-bond donors (Lipinski definition) is 1. The molecule has 0 bridgehead atoms. The Hall–Kier alpha value is -1.11. The normalized spacial score (nSPS) is 11.2. The summed E-state index contributed by atoms with van der Waals surface area (Å²) in [5, 5.41) is 0. The van der Waals surface area contributed by atoms with Gasteiger partial charge in [0.05, 0.1) is 6.61 Å². The van der Waals surface area contributed by atoms with Crippen molar-refractivity contribution in [2.75, 3.05) is 33.0 Å². The van der Waals surface area contributed by atoms with Gasteiger partial charge in [-0.3, -0.25) is 0 Å². The second-order valence-electron chi connectivity index (χ2n) is 5.73. The van der Waals surface area contributed by atoms with Crippen LogP contribution in [-0.2, 0) is 15.9 Å². The summed E-state index contributed by atoms with van der Waals surface area (Å²) in [5.41, 5.74) is 5.28. The lowest BCUT2D eigenvalue weighted by atomic mass is 10.1. The predicted molar refractivity (Wildman–Crippen MR) is 88.4 cm³/mol. The Morgan fingerprint density at radius 2 is 1.21 bits per heavy atom. The van der Waals surface area contributed by atoms with Crippen molar-refractivity contribution in [1.82, 2.24) is 0 Å². The number of halogens is 3. The minimum Gasteiger partial charge on any atom is -0.381 e. The molecule has 1 rings (SSSR count). The highest BCUT2D eigenvalue weighted by Gasteiger charge is 2.10. The van der Waals surface area contributed by atoms with Crippen LogP contribution in [-0.4, -0.2) is 33.0 Å². The third-order valence-electron chi connectivity index (χ3n) is 3.67. The second-order valence-corrected chi connectivity index (χ2v) is 5.73. The van der Waals surface area contributed by atoms with Crippen LogP contribution in [0.2, 0.25) is 0 Å². The molecule has 138 valence electrons. The van der Waals surface area contributed by atoms with Gasteiger partial charge in [-0.25, -0.2) is 13.2 Å². The Kier molecular flexibility index (Phi) is 11.5. The molecule has 1 aromatic rings. The fraction of sp³-hybridized carbons (Fsp3) is 0.667. The van der Waals surface area contributed by atoms with Crippen LogP contribution in [0.15, 0.2) is 12.1 Å². The first-order chi connectivity index (χ1) is 11.6. The van der Waals surface area contributed by atoms with Gasteiger partial charge >= 0.3 is 0 Å². The molecule has 24 heavy (non-hydrogen) atoms. The molecule has 2 N–H and O–H groups in total. The molecular weight excluding hydrogens is 319 g/mol. The second kappa shape index (κ2) is 13.2. The van der Waals surface area contributed by atoms with Crippen LogP contribution >= 0.6 is 0 Å². The Morgan fingerprint density at radius 3 is 1.75 bits per heavy atom. The number of nitrogens with two attached hydrogens (primary N) is 1. The fourth-order valence-corrected chi connectivity index (χ4v) is 2.30. The van der Waals surface area contributed by atoms with E-state index in [9.17, 15) is 13.2 Å². The summed E-state index contributed by atoms with van der Waals surface area (Å²) in [7, 11) is 0. The van der Waals surface area contributed by atoms with Crippen molar-refractivity contribution in [2.24, 2.45) is 5.73 Å². The monoisotopic (exact) mass is 347 g/mol. The molecule has 0 unspecified atom stereocenters. The van der Waals surface area contributed by atoms with E-state index in [4.69, 9.17) is 15.2 Å². The molecule has 0 fully saturated rings. The number of unbranched alkanes of at least 4 members (excludes halogenated alkanes) is 4. The van der Waals surface area contributed by atoms with Crippen molar-refractivity contribution in [3.8, 4) is 0 Å². The highest BCUT2D eigenvalue weighted by atomic mass is 19.1. The number of benzene rings is 1. The van der Waals surface area contributed by atoms with Crippen molar-refractivity contribution in [1.29, 1.82) is 0 Å². The van der Waals surface area contributed by atoms with E-state index in [2.05, 4.69) is 0 Å². The third-order valence-corrected chi connectivity index (χ3v) is 3.67. The zero-order valence-corrected chi connectivity index (χ0v) is 14.2. The van der Waals surface area contributed by atoms with Crippen LogP contribution in [0.1, 0.15) is 44.1 Å². The van der Waals surface area contributed by atoms with Gasteiger partial charge in [-0.1, -0.05) is 0 Å². The molecule has 0 atom stereocenters. The van der Waals surface area contributed by atoms with Crippen LogP contribution in [0.5, 0.6) is 0 Å². The minimum absolute atomic E-state index is 0.101. The molecule has 0 aromatic heterocycles. The van der Waals surface area contributed by atoms with E-state index < -0.39 is 17.5 Å². The molecule has 0 spiro atoms. The molecule has 6 heteroatoms. The smallest absolute Gasteiger partial charge is 0.132 e. The molecule has 1 aromatic carbocycles. The van der Waals surface area contributed by atoms with Crippen LogP contribution in [0.25, 0.3) is 0 Å². The largest absolute Gasteiger partial charge is 0.381 e. The summed E-state index contributed by atoms with van der Waals surface area (Å²) in [6, 6.07) is 1.38. The maximum absolute atomic E-state index is 13.4. The van der Waals surface area contributed by atoms with Gasteiger partial charge in [0, 0.05) is 43.9 Å². The van der Waals surface area contributed by atoms with Crippen LogP contribution in [0, 0.1) is 17.5 Å². The molecule has 0 aliphatic rings. The summed E-state index contributed by atoms with van der Waals surface area (Å²) in [5.74, 6) is -2.63. The summed E-state index contributed by atoms with van der Waals surface area (Å²) in [4.78, 5) is 0. The quantitative estimate of drug-likeness (QED) is 0.518. The van der Waals surface area contributed by atoms with Crippen molar-refractivity contribution >= 4 is 0 Å². The molecule has 0 amide bonds. The average Bonchev–Trinajstić information content (AvgIpc) is 2.53. The maximum atomic E-state index is 13.4. The van der Waals surface area contributed by atoms with E-state index in [0.717, 1.165) is 58.3 Å². The molecule has 0 saturated carbocycles. The Labute approximate surface area is 142 Å². The first-order valence-electron chi connectivity index (χ1n) is 8.64. The van der Waals surface area contributed by atoms with Gasteiger partial charge in [-0.2, -0.15) is 0 Å². The summed E-state index contributed by atoms with van der Waals surface area (Å²) < 4.78 is 50.5. The van der Waals surface area contributed by atoms with Crippen molar-refractivity contribution < 1.29 is 22.6 Å². The topological polar surface area (TPSA) is 44.5 Å². The van der Waals surface area contributed by atoms with Gasteiger partial charge in [-0.05, 0) is 45.1 Å². The summed E-state index contributed by atoms with van der Waals surface area (Å²) >= 11 is 0. The van der Waals surface area contributed by atoms with Gasteiger partial charge in [0.2, 0.25) is 0 Å². The van der Waals surface area contributed by atoms with Gasteiger partial charge in [0.25, 0.3) is 0 Å². The standard InChI is InChI=1S/C18H28F3NO2/c19-15-13-17(20)16(18(21)14-15)7-12-24-11-6-2-5-10-23-9-4-1-3-8-22/h13-14H,1-12,22H2. The molecule has 0 aliphatic heterocycles. The molecule has 3 nitrogen and oxygen atoms in total. The van der Waals surface area contributed by atoms with E-state index >= 15 is 0 Å². The highest BCUT2D eigenvalue weighted by molar-refractivity contribution is 5.20. The number of rotatable bonds is 14. The lowest BCUT2D eigenvalue weighted by molar-refractivity contribution is 0.113. The third kappa shape index (κ3) is 9.25. The first-order valence-corrected chi connectivity index (χ1v) is 8.64. The highest BCUT2D eigenvalue weighted by Crippen LogP contribution is 2.15. The maximum Gasteiger partial charge on any atom is 0.132 e. The molecule has 0 aliphatic carbocycles. The van der Waals surface area contributed by atoms with Crippen LogP contribution in [0.3, 0.4) is 0 Å². The van der Waals surface area contributed by atoms with Crippen LogP contribution < -0.4 is 5.73 Å². The minimum atomic E-state index is -0.906. The molecule has 0 radical (unpaired) electrons. The summed E-state index contributed by atoms with van der Waals surface area (Å²) in [6.45, 7) is 3.03. The van der Waals surface area contributed by atoms with Crippen molar-refractivity contribution in [3.63, 3.8) is 0 Å². The van der Waals surface area contributed by atoms with E-state index in [1.165, 1.54) is 0 Å². The average molecular weight is 347 g/mol. The molecule has 0 heterocycles. The Balaban J connectivity index is 1.94.